The highest BCUT2D eigenvalue weighted by atomic mass is 16.3. The quantitative estimate of drug-likeness (QED) is 0.0902. The molecule has 1 aliphatic carbocycles. The van der Waals surface area contributed by atoms with Crippen molar-refractivity contribution in [2.75, 3.05) is 26.2 Å². The molecule has 1 rings (SSSR count). The Labute approximate surface area is 255 Å². The molecule has 1 saturated carbocycles. The maximum Gasteiger partial charge on any atom is 0.243 e. The number of aliphatic hydroxyl groups is 1. The van der Waals surface area contributed by atoms with E-state index < -0.39 is 60.3 Å². The molecule has 0 spiro atoms. The van der Waals surface area contributed by atoms with Gasteiger partial charge in [-0.1, -0.05) is 26.2 Å². The third-order valence-corrected chi connectivity index (χ3v) is 7.66. The highest BCUT2D eigenvalue weighted by Crippen LogP contribution is 2.23. The van der Waals surface area contributed by atoms with Gasteiger partial charge in [0.2, 0.25) is 35.4 Å². The van der Waals surface area contributed by atoms with Gasteiger partial charge < -0.3 is 42.3 Å². The van der Waals surface area contributed by atoms with Crippen molar-refractivity contribution in [3.63, 3.8) is 0 Å². The lowest BCUT2D eigenvalue weighted by Gasteiger charge is -2.26. The second kappa shape index (κ2) is 19.8. The maximum atomic E-state index is 12.9. The molecule has 6 amide bonds. The standard InChI is InChI=1S/C29H53N7O7/c1-6-36(18(2)3)15-11-10-14-22(29(43)35-25(20(5)37)26(30)40)34-24(39)17-31-27(41)19(4)33-23(38)16-32-28(42)21-12-8-7-9-13-21/h18-22,25,37H,6-17H2,1-5H3,(H2,30,40)(H,31,41)(H,32,42)(H,33,38)(H,34,39)(H,35,43)/t19-,20-,22-,25?/m0/s1. The van der Waals surface area contributed by atoms with E-state index in [1.165, 1.54) is 13.8 Å². The molecule has 1 aliphatic rings. The van der Waals surface area contributed by atoms with Crippen LogP contribution in [0.3, 0.4) is 0 Å². The Morgan fingerprint density at radius 1 is 0.837 bits per heavy atom. The first kappa shape index (κ1) is 37.8. The number of hydrogen-bond donors (Lipinski definition) is 7. The van der Waals surface area contributed by atoms with E-state index in [-0.39, 0.29) is 24.8 Å². The molecule has 0 saturated heterocycles. The van der Waals surface area contributed by atoms with E-state index in [0.29, 0.717) is 12.5 Å². The van der Waals surface area contributed by atoms with Gasteiger partial charge in [0.15, 0.2) is 0 Å². The first-order valence-electron chi connectivity index (χ1n) is 15.4. The summed E-state index contributed by atoms with van der Waals surface area (Å²) in [7, 11) is 0. The molecule has 14 nitrogen and oxygen atoms in total. The van der Waals surface area contributed by atoms with Crippen LogP contribution in [0.25, 0.3) is 0 Å². The molecular weight excluding hydrogens is 558 g/mol. The number of hydrogen-bond acceptors (Lipinski definition) is 8. The summed E-state index contributed by atoms with van der Waals surface area (Å²) in [6, 6.07) is -2.98. The van der Waals surface area contributed by atoms with Gasteiger partial charge in [0, 0.05) is 12.0 Å². The number of unbranched alkanes of at least 4 members (excludes halogenated alkanes) is 1. The number of aliphatic hydroxyl groups excluding tert-OH is 1. The van der Waals surface area contributed by atoms with Crippen molar-refractivity contribution < 1.29 is 33.9 Å². The van der Waals surface area contributed by atoms with E-state index in [0.717, 1.165) is 51.6 Å². The third-order valence-electron chi connectivity index (χ3n) is 7.66. The first-order chi connectivity index (χ1) is 20.3. The molecular formula is C29H53N7O7. The summed E-state index contributed by atoms with van der Waals surface area (Å²) in [5.41, 5.74) is 5.29. The van der Waals surface area contributed by atoms with Crippen LogP contribution in [-0.2, 0) is 28.8 Å². The van der Waals surface area contributed by atoms with Gasteiger partial charge in [0.05, 0.1) is 19.2 Å². The lowest BCUT2D eigenvalue weighted by molar-refractivity contribution is -0.133. The summed E-state index contributed by atoms with van der Waals surface area (Å²) < 4.78 is 0. The fourth-order valence-electron chi connectivity index (χ4n) is 5.00. The Kier molecular flexibility index (Phi) is 17.4. The predicted molar refractivity (Wildman–Crippen MR) is 161 cm³/mol. The molecule has 43 heavy (non-hydrogen) atoms. The van der Waals surface area contributed by atoms with Crippen LogP contribution < -0.4 is 32.3 Å². The number of rotatable bonds is 19. The Morgan fingerprint density at radius 2 is 1.44 bits per heavy atom. The summed E-state index contributed by atoms with van der Waals surface area (Å²) >= 11 is 0. The van der Waals surface area contributed by atoms with E-state index in [1.54, 1.807) is 0 Å². The SMILES string of the molecule is CCN(CCCC[C@H](NC(=O)CNC(=O)[C@H](C)NC(=O)CNC(=O)C1CCCCC1)C(=O)NC(C(N)=O)[C@H](C)O)C(C)C. The van der Waals surface area contributed by atoms with Gasteiger partial charge >= 0.3 is 0 Å². The molecule has 1 unspecified atom stereocenters. The minimum Gasteiger partial charge on any atom is -0.391 e. The molecule has 1 fully saturated rings. The smallest absolute Gasteiger partial charge is 0.243 e. The monoisotopic (exact) mass is 611 g/mol. The molecule has 0 aromatic carbocycles. The van der Waals surface area contributed by atoms with Crippen LogP contribution in [-0.4, -0.2) is 102 Å². The Balaban J connectivity index is 2.62. The second-order valence-corrected chi connectivity index (χ2v) is 11.5. The molecule has 0 heterocycles. The summed E-state index contributed by atoms with van der Waals surface area (Å²) in [5, 5.41) is 22.3. The van der Waals surface area contributed by atoms with Gasteiger partial charge in [-0.15, -0.1) is 0 Å². The largest absolute Gasteiger partial charge is 0.391 e. The molecule has 0 aliphatic heterocycles. The summed E-state index contributed by atoms with van der Waals surface area (Å²) in [5.74, 6) is -3.67. The van der Waals surface area contributed by atoms with Crippen molar-refractivity contribution in [2.45, 2.75) is 116 Å². The van der Waals surface area contributed by atoms with Crippen molar-refractivity contribution in [2.24, 2.45) is 11.7 Å². The van der Waals surface area contributed by atoms with Crippen molar-refractivity contribution in [3.8, 4) is 0 Å². The van der Waals surface area contributed by atoms with Crippen LogP contribution in [0.15, 0.2) is 0 Å². The van der Waals surface area contributed by atoms with E-state index in [2.05, 4.69) is 52.3 Å². The Morgan fingerprint density at radius 3 is 2.00 bits per heavy atom. The zero-order valence-electron chi connectivity index (χ0n) is 26.4. The summed E-state index contributed by atoms with van der Waals surface area (Å²) in [4.78, 5) is 76.5. The zero-order chi connectivity index (χ0) is 32.5. The average Bonchev–Trinajstić information content (AvgIpc) is 2.96. The lowest BCUT2D eigenvalue weighted by atomic mass is 9.89. The molecule has 0 aromatic heterocycles. The van der Waals surface area contributed by atoms with Crippen LogP contribution >= 0.6 is 0 Å². The molecule has 0 aromatic rings. The van der Waals surface area contributed by atoms with Gasteiger partial charge in [0.25, 0.3) is 0 Å². The number of carbonyl (C=O) groups is 6. The normalized spacial score (nSPS) is 16.5. The highest BCUT2D eigenvalue weighted by molar-refractivity contribution is 5.94. The van der Waals surface area contributed by atoms with Gasteiger partial charge in [-0.05, 0) is 72.9 Å². The molecule has 14 heteroatoms. The van der Waals surface area contributed by atoms with Crippen LogP contribution in [0.4, 0.5) is 0 Å². The van der Waals surface area contributed by atoms with Crippen molar-refractivity contribution in [3.05, 3.63) is 0 Å². The van der Waals surface area contributed by atoms with Gasteiger partial charge in [-0.2, -0.15) is 0 Å². The fraction of sp³-hybridized carbons (Fsp3) is 0.793. The topological polar surface area (TPSA) is 212 Å². The van der Waals surface area contributed by atoms with E-state index in [1.807, 2.05) is 0 Å². The summed E-state index contributed by atoms with van der Waals surface area (Å²) in [6.07, 6.45) is 5.07. The Bertz CT molecular complexity index is 938. The summed E-state index contributed by atoms with van der Waals surface area (Å²) in [6.45, 7) is 9.97. The number of amides is 6. The number of carbonyl (C=O) groups excluding carboxylic acids is 6. The molecule has 0 bridgehead atoms. The predicted octanol–water partition coefficient (Wildman–Crippen LogP) is -0.960. The van der Waals surface area contributed by atoms with Gasteiger partial charge in [-0.25, -0.2) is 0 Å². The van der Waals surface area contributed by atoms with Crippen LogP contribution in [0.2, 0.25) is 0 Å². The number of nitrogens with one attached hydrogen (secondary N) is 5. The van der Waals surface area contributed by atoms with E-state index in [4.69, 9.17) is 5.73 Å². The number of primary amides is 1. The van der Waals surface area contributed by atoms with Crippen molar-refractivity contribution in [1.29, 1.82) is 0 Å². The first-order valence-corrected chi connectivity index (χ1v) is 15.4. The van der Waals surface area contributed by atoms with E-state index in [9.17, 15) is 33.9 Å². The lowest BCUT2D eigenvalue weighted by Crippen LogP contribution is -2.57. The maximum absolute atomic E-state index is 12.9. The Hall–Kier alpha value is -3.26. The van der Waals surface area contributed by atoms with Crippen LogP contribution in [0, 0.1) is 5.92 Å². The van der Waals surface area contributed by atoms with Crippen molar-refractivity contribution >= 4 is 35.4 Å². The van der Waals surface area contributed by atoms with Gasteiger partial charge in [-0.3, -0.25) is 28.8 Å². The second-order valence-electron chi connectivity index (χ2n) is 11.5. The minimum absolute atomic E-state index is 0.0912. The number of nitrogens with two attached hydrogens (primary N) is 1. The van der Waals surface area contributed by atoms with Crippen molar-refractivity contribution in [1.82, 2.24) is 31.5 Å². The number of nitrogens with zero attached hydrogens (tertiary/aromatic N) is 1. The van der Waals surface area contributed by atoms with E-state index >= 15 is 0 Å². The van der Waals surface area contributed by atoms with Gasteiger partial charge in [0.1, 0.15) is 18.1 Å². The minimum atomic E-state index is -1.33. The molecule has 246 valence electrons. The zero-order valence-corrected chi connectivity index (χ0v) is 26.4. The fourth-order valence-corrected chi connectivity index (χ4v) is 5.00. The van der Waals surface area contributed by atoms with Crippen LogP contribution in [0.1, 0.15) is 86.0 Å². The molecule has 8 N–H and O–H groups in total. The molecule has 0 radical (unpaired) electrons. The molecule has 4 atom stereocenters. The highest BCUT2D eigenvalue weighted by Gasteiger charge is 2.28. The average molecular weight is 612 g/mol. The van der Waals surface area contributed by atoms with Crippen LogP contribution in [0.5, 0.6) is 0 Å². The third kappa shape index (κ3) is 14.7.